The SMILES string of the molecule is OC(c1ccc(Br)cc1)(c1ccc(Cl)cc1Cl)C(O)(c1ccc(Br)cc1)c1ccc(Cl)cc1Cl. The maximum absolute atomic E-state index is 12.7. The van der Waals surface area contributed by atoms with E-state index < -0.39 is 11.2 Å². The second kappa shape index (κ2) is 10.1. The Morgan fingerprint density at radius 3 is 1.12 bits per heavy atom. The third kappa shape index (κ3) is 4.56. The molecule has 0 aliphatic rings. The summed E-state index contributed by atoms with van der Waals surface area (Å²) in [6.07, 6.45) is 0. The van der Waals surface area contributed by atoms with Gasteiger partial charge in [-0.1, -0.05) is 115 Å². The lowest BCUT2D eigenvalue weighted by molar-refractivity contribution is -0.112. The molecular weight excluding hydrogens is 646 g/mol. The predicted octanol–water partition coefficient (Wildman–Crippen LogP) is 9.00. The van der Waals surface area contributed by atoms with Crippen LogP contribution in [0.4, 0.5) is 0 Å². The molecule has 0 saturated heterocycles. The Hall–Kier alpha value is -1.08. The first kappa shape index (κ1) is 26.0. The van der Waals surface area contributed by atoms with Gasteiger partial charge in [-0.15, -0.1) is 0 Å². The van der Waals surface area contributed by atoms with Crippen LogP contribution in [0.3, 0.4) is 0 Å². The zero-order valence-electron chi connectivity index (χ0n) is 17.2. The van der Waals surface area contributed by atoms with E-state index in [1.807, 2.05) is 0 Å². The van der Waals surface area contributed by atoms with E-state index in [1.54, 1.807) is 72.8 Å². The fourth-order valence-corrected chi connectivity index (χ4v) is 5.69. The molecule has 2 unspecified atom stereocenters. The molecule has 0 radical (unpaired) electrons. The fourth-order valence-electron chi connectivity index (χ4n) is 4.07. The quantitative estimate of drug-likeness (QED) is 0.224. The highest BCUT2D eigenvalue weighted by atomic mass is 79.9. The van der Waals surface area contributed by atoms with Crippen LogP contribution in [0.2, 0.25) is 20.1 Å². The smallest absolute Gasteiger partial charge is 0.153 e. The van der Waals surface area contributed by atoms with Gasteiger partial charge >= 0.3 is 0 Å². The second-order valence-electron chi connectivity index (χ2n) is 7.68. The molecule has 0 fully saturated rings. The highest BCUT2D eigenvalue weighted by Gasteiger charge is 2.56. The number of hydrogen-bond donors (Lipinski definition) is 2. The number of aliphatic hydroxyl groups is 2. The van der Waals surface area contributed by atoms with E-state index in [4.69, 9.17) is 46.4 Å². The van der Waals surface area contributed by atoms with E-state index in [0.717, 1.165) is 8.95 Å². The average molecular weight is 662 g/mol. The highest BCUT2D eigenvalue weighted by molar-refractivity contribution is 9.10. The standard InChI is InChI=1S/C26H16Br2Cl4O2/c27-17-5-1-15(2-6-17)25(33,21-11-9-19(29)13-23(21)31)26(34,16-3-7-18(28)8-4-16)22-12-10-20(30)14-24(22)32/h1-14,33-34H. The van der Waals surface area contributed by atoms with Crippen molar-refractivity contribution in [1.29, 1.82) is 0 Å². The molecule has 0 spiro atoms. The van der Waals surface area contributed by atoms with Gasteiger partial charge in [-0.05, 0) is 59.7 Å². The summed E-state index contributed by atoms with van der Waals surface area (Å²) in [7, 11) is 0. The molecule has 8 heteroatoms. The molecule has 0 aliphatic heterocycles. The summed E-state index contributed by atoms with van der Waals surface area (Å²) >= 11 is 32.5. The van der Waals surface area contributed by atoms with Crippen molar-refractivity contribution in [3.63, 3.8) is 0 Å². The summed E-state index contributed by atoms with van der Waals surface area (Å²) in [6, 6.07) is 23.4. The Morgan fingerprint density at radius 1 is 0.500 bits per heavy atom. The average Bonchev–Trinajstić information content (AvgIpc) is 2.79. The molecule has 174 valence electrons. The van der Waals surface area contributed by atoms with Crippen molar-refractivity contribution in [3.05, 3.63) is 136 Å². The van der Waals surface area contributed by atoms with Gasteiger partial charge in [-0.3, -0.25) is 0 Å². The van der Waals surface area contributed by atoms with Gasteiger partial charge in [0.1, 0.15) is 0 Å². The van der Waals surface area contributed by atoms with Crippen LogP contribution in [0.1, 0.15) is 22.3 Å². The molecule has 2 atom stereocenters. The number of rotatable bonds is 5. The van der Waals surface area contributed by atoms with Gasteiger partial charge in [-0.2, -0.15) is 0 Å². The van der Waals surface area contributed by atoms with E-state index in [-0.39, 0.29) is 21.2 Å². The summed E-state index contributed by atoms with van der Waals surface area (Å²) in [5, 5.41) is 26.6. The lowest BCUT2D eigenvalue weighted by Gasteiger charge is -2.46. The van der Waals surface area contributed by atoms with Crippen LogP contribution in [0.5, 0.6) is 0 Å². The van der Waals surface area contributed by atoms with E-state index in [2.05, 4.69) is 31.9 Å². The third-order valence-corrected chi connectivity index (χ3v) is 7.84. The molecule has 0 saturated carbocycles. The number of hydrogen-bond acceptors (Lipinski definition) is 2. The predicted molar refractivity (Wildman–Crippen MR) is 147 cm³/mol. The van der Waals surface area contributed by atoms with Crippen molar-refractivity contribution < 1.29 is 10.2 Å². The monoisotopic (exact) mass is 658 g/mol. The lowest BCUT2D eigenvalue weighted by atomic mass is 9.66. The van der Waals surface area contributed by atoms with E-state index in [1.165, 1.54) is 12.1 Å². The number of halogens is 6. The maximum Gasteiger partial charge on any atom is 0.153 e. The molecule has 0 aromatic heterocycles. The Balaban J connectivity index is 2.16. The Kier molecular flexibility index (Phi) is 7.74. The van der Waals surface area contributed by atoms with Crippen LogP contribution < -0.4 is 0 Å². The zero-order chi connectivity index (χ0) is 24.7. The summed E-state index contributed by atoms with van der Waals surface area (Å²) in [4.78, 5) is 0. The minimum Gasteiger partial charge on any atom is -0.377 e. The molecule has 0 bridgehead atoms. The van der Waals surface area contributed by atoms with E-state index >= 15 is 0 Å². The largest absolute Gasteiger partial charge is 0.377 e. The minimum absolute atomic E-state index is 0.179. The van der Waals surface area contributed by atoms with Crippen LogP contribution in [0.25, 0.3) is 0 Å². The van der Waals surface area contributed by atoms with Gasteiger partial charge in [0.2, 0.25) is 0 Å². The first-order chi connectivity index (χ1) is 16.1. The summed E-state index contributed by atoms with van der Waals surface area (Å²) in [5.74, 6) is 0. The molecule has 34 heavy (non-hydrogen) atoms. The minimum atomic E-state index is -2.10. The van der Waals surface area contributed by atoms with Crippen molar-refractivity contribution in [1.82, 2.24) is 0 Å². The third-order valence-electron chi connectivity index (χ3n) is 5.69. The zero-order valence-corrected chi connectivity index (χ0v) is 23.4. The molecule has 2 N–H and O–H groups in total. The van der Waals surface area contributed by atoms with Gasteiger partial charge < -0.3 is 10.2 Å². The molecular formula is C26H16Br2Cl4O2. The van der Waals surface area contributed by atoms with Crippen LogP contribution in [0, 0.1) is 0 Å². The first-order valence-electron chi connectivity index (χ1n) is 9.95. The topological polar surface area (TPSA) is 40.5 Å². The molecule has 0 aliphatic carbocycles. The summed E-state index contributed by atoms with van der Waals surface area (Å²) in [5.41, 5.74) is -2.93. The highest BCUT2D eigenvalue weighted by Crippen LogP contribution is 2.53. The van der Waals surface area contributed by atoms with Gasteiger partial charge in [-0.25, -0.2) is 0 Å². The van der Waals surface area contributed by atoms with Crippen molar-refractivity contribution in [3.8, 4) is 0 Å². The van der Waals surface area contributed by atoms with E-state index in [9.17, 15) is 10.2 Å². The van der Waals surface area contributed by atoms with Crippen molar-refractivity contribution in [2.24, 2.45) is 0 Å². The summed E-state index contributed by atoms with van der Waals surface area (Å²) < 4.78 is 1.61. The molecule has 4 aromatic rings. The molecule has 0 heterocycles. The van der Waals surface area contributed by atoms with Crippen molar-refractivity contribution in [2.45, 2.75) is 11.2 Å². The van der Waals surface area contributed by atoms with Gasteiger partial charge in [0.05, 0.1) is 0 Å². The normalized spacial score (nSPS) is 14.9. The van der Waals surface area contributed by atoms with Gasteiger partial charge in [0.15, 0.2) is 11.2 Å². The van der Waals surface area contributed by atoms with Crippen LogP contribution >= 0.6 is 78.3 Å². The van der Waals surface area contributed by atoms with Crippen LogP contribution in [0.15, 0.2) is 93.9 Å². The maximum atomic E-state index is 12.7. The van der Waals surface area contributed by atoms with Crippen LogP contribution in [-0.4, -0.2) is 10.2 Å². The Morgan fingerprint density at radius 2 is 0.824 bits per heavy atom. The fraction of sp³-hybridized carbons (Fsp3) is 0.0769. The lowest BCUT2D eigenvalue weighted by Crippen LogP contribution is -2.51. The molecule has 4 rings (SSSR count). The Bertz CT molecular complexity index is 1240. The van der Waals surface area contributed by atoms with Crippen LogP contribution in [-0.2, 0) is 11.2 Å². The van der Waals surface area contributed by atoms with Gasteiger partial charge in [0.25, 0.3) is 0 Å². The number of benzene rings is 4. The van der Waals surface area contributed by atoms with E-state index in [0.29, 0.717) is 21.2 Å². The molecule has 2 nitrogen and oxygen atoms in total. The van der Waals surface area contributed by atoms with Crippen molar-refractivity contribution in [2.75, 3.05) is 0 Å². The molecule has 4 aromatic carbocycles. The van der Waals surface area contributed by atoms with Crippen molar-refractivity contribution >= 4 is 78.3 Å². The Labute approximate surface area is 234 Å². The molecule has 0 amide bonds. The first-order valence-corrected chi connectivity index (χ1v) is 13.0. The van der Waals surface area contributed by atoms with Gasteiger partial charge in [0, 0.05) is 40.2 Å². The summed E-state index contributed by atoms with van der Waals surface area (Å²) in [6.45, 7) is 0. The second-order valence-corrected chi connectivity index (χ2v) is 11.2.